The zero-order valence-corrected chi connectivity index (χ0v) is 7.65. The van der Waals surface area contributed by atoms with Gasteiger partial charge in [0.2, 0.25) is 0 Å². The van der Waals surface area contributed by atoms with Crippen LogP contribution in [-0.2, 0) is 14.3 Å². The summed E-state index contributed by atoms with van der Waals surface area (Å²) in [5.74, 6) is -0.544. The predicted octanol–water partition coefficient (Wildman–Crippen LogP) is -0.0977. The number of rotatable bonds is 1. The van der Waals surface area contributed by atoms with E-state index in [1.165, 1.54) is 7.11 Å². The standard InChI is InChI=1S/C7H11NO3.ClH/c1-11-7(10)6-5(9)3-2-4-8-6;/h6,8H,2-4H2,1H3;1H. The second-order valence-corrected chi connectivity index (χ2v) is 2.48. The van der Waals surface area contributed by atoms with Gasteiger partial charge in [0, 0.05) is 6.42 Å². The molecule has 1 aliphatic heterocycles. The summed E-state index contributed by atoms with van der Waals surface area (Å²) in [6.07, 6.45) is 1.29. The molecule has 4 nitrogen and oxygen atoms in total. The first-order valence-electron chi connectivity index (χ1n) is 3.59. The summed E-state index contributed by atoms with van der Waals surface area (Å²) in [5, 5.41) is 2.80. The van der Waals surface area contributed by atoms with Gasteiger partial charge in [-0.25, -0.2) is 4.79 Å². The summed E-state index contributed by atoms with van der Waals surface area (Å²) in [4.78, 5) is 21.9. The zero-order valence-electron chi connectivity index (χ0n) is 6.83. The van der Waals surface area contributed by atoms with E-state index in [0.29, 0.717) is 13.0 Å². The highest BCUT2D eigenvalue weighted by atomic mass is 35.5. The van der Waals surface area contributed by atoms with Crippen LogP contribution in [0.25, 0.3) is 0 Å². The molecule has 0 saturated carbocycles. The van der Waals surface area contributed by atoms with Crippen LogP contribution in [0.1, 0.15) is 12.8 Å². The first kappa shape index (κ1) is 11.4. The summed E-state index contributed by atoms with van der Waals surface area (Å²) in [7, 11) is 1.28. The third-order valence-corrected chi connectivity index (χ3v) is 1.71. The van der Waals surface area contributed by atoms with E-state index in [9.17, 15) is 9.59 Å². The molecular weight excluding hydrogens is 182 g/mol. The van der Waals surface area contributed by atoms with Crippen molar-refractivity contribution in [2.75, 3.05) is 13.7 Å². The van der Waals surface area contributed by atoms with Crippen molar-refractivity contribution in [3.05, 3.63) is 0 Å². The van der Waals surface area contributed by atoms with Crippen LogP contribution in [0.5, 0.6) is 0 Å². The number of hydrogen-bond donors (Lipinski definition) is 1. The molecule has 1 rings (SSSR count). The largest absolute Gasteiger partial charge is 0.468 e. The van der Waals surface area contributed by atoms with Crippen LogP contribution in [0.4, 0.5) is 0 Å². The Balaban J connectivity index is 0.00000121. The van der Waals surface area contributed by atoms with Gasteiger partial charge in [-0.2, -0.15) is 0 Å². The van der Waals surface area contributed by atoms with Gasteiger partial charge in [0.1, 0.15) is 0 Å². The molecule has 1 atom stereocenters. The second kappa shape index (κ2) is 5.11. The van der Waals surface area contributed by atoms with E-state index in [2.05, 4.69) is 10.1 Å². The molecule has 1 fully saturated rings. The third kappa shape index (κ3) is 2.46. The minimum Gasteiger partial charge on any atom is -0.468 e. The number of carbonyl (C=O) groups excluding carboxylic acids is 2. The molecule has 0 bridgehead atoms. The summed E-state index contributed by atoms with van der Waals surface area (Å²) in [6.45, 7) is 0.714. The van der Waals surface area contributed by atoms with Crippen molar-refractivity contribution in [1.29, 1.82) is 0 Å². The maximum atomic E-state index is 11.0. The van der Waals surface area contributed by atoms with Gasteiger partial charge in [-0.3, -0.25) is 10.1 Å². The Bertz CT molecular complexity index is 175. The van der Waals surface area contributed by atoms with Crippen molar-refractivity contribution in [3.8, 4) is 0 Å². The van der Waals surface area contributed by atoms with Crippen LogP contribution in [-0.4, -0.2) is 31.4 Å². The van der Waals surface area contributed by atoms with E-state index in [1.807, 2.05) is 0 Å². The molecular formula is C7H12ClNO3. The average molecular weight is 194 g/mol. The molecule has 0 amide bonds. The van der Waals surface area contributed by atoms with Crippen molar-refractivity contribution >= 4 is 24.2 Å². The Labute approximate surface area is 77.1 Å². The summed E-state index contributed by atoms with van der Waals surface area (Å²) in [5.41, 5.74) is 0. The number of carbonyl (C=O) groups is 2. The fraction of sp³-hybridized carbons (Fsp3) is 0.714. The van der Waals surface area contributed by atoms with E-state index >= 15 is 0 Å². The summed E-state index contributed by atoms with van der Waals surface area (Å²) in [6, 6.07) is -0.714. The van der Waals surface area contributed by atoms with E-state index < -0.39 is 12.0 Å². The lowest BCUT2D eigenvalue weighted by Crippen LogP contribution is -2.47. The molecule has 1 unspecified atom stereocenters. The molecule has 1 saturated heterocycles. The number of ketones is 1. The minimum atomic E-state index is -0.714. The van der Waals surface area contributed by atoms with Gasteiger partial charge < -0.3 is 4.74 Å². The van der Waals surface area contributed by atoms with Gasteiger partial charge in [-0.1, -0.05) is 0 Å². The molecule has 1 aliphatic rings. The highest BCUT2D eigenvalue weighted by Crippen LogP contribution is 2.03. The smallest absolute Gasteiger partial charge is 0.330 e. The maximum absolute atomic E-state index is 11.0. The molecule has 1 heterocycles. The Hall–Kier alpha value is -0.610. The Morgan fingerprint density at radius 1 is 1.67 bits per heavy atom. The Morgan fingerprint density at radius 3 is 2.83 bits per heavy atom. The molecule has 12 heavy (non-hydrogen) atoms. The van der Waals surface area contributed by atoms with Crippen LogP contribution in [0.15, 0.2) is 0 Å². The van der Waals surface area contributed by atoms with Gasteiger partial charge in [0.05, 0.1) is 7.11 Å². The lowest BCUT2D eigenvalue weighted by Gasteiger charge is -2.19. The molecule has 0 aromatic rings. The van der Waals surface area contributed by atoms with Crippen LogP contribution in [0.3, 0.4) is 0 Å². The van der Waals surface area contributed by atoms with Crippen molar-refractivity contribution in [2.24, 2.45) is 0 Å². The molecule has 0 aromatic carbocycles. The minimum absolute atomic E-state index is 0. The first-order chi connectivity index (χ1) is 5.25. The maximum Gasteiger partial charge on any atom is 0.330 e. The summed E-state index contributed by atoms with van der Waals surface area (Å²) < 4.78 is 4.44. The monoisotopic (exact) mass is 193 g/mol. The van der Waals surface area contributed by atoms with Crippen molar-refractivity contribution in [3.63, 3.8) is 0 Å². The molecule has 0 spiro atoms. The number of nitrogens with one attached hydrogen (secondary N) is 1. The predicted molar refractivity (Wildman–Crippen MR) is 45.3 cm³/mol. The fourth-order valence-corrected chi connectivity index (χ4v) is 1.10. The van der Waals surface area contributed by atoms with Crippen LogP contribution < -0.4 is 5.32 Å². The van der Waals surface area contributed by atoms with Crippen LogP contribution in [0.2, 0.25) is 0 Å². The Kier molecular flexibility index (Phi) is 4.85. The van der Waals surface area contributed by atoms with E-state index in [0.717, 1.165) is 6.42 Å². The summed E-state index contributed by atoms with van der Waals surface area (Å²) >= 11 is 0. The van der Waals surface area contributed by atoms with Gasteiger partial charge in [-0.15, -0.1) is 12.4 Å². The van der Waals surface area contributed by atoms with Gasteiger partial charge >= 0.3 is 5.97 Å². The topological polar surface area (TPSA) is 55.4 Å². The third-order valence-electron chi connectivity index (χ3n) is 1.71. The van der Waals surface area contributed by atoms with E-state index in [-0.39, 0.29) is 18.2 Å². The van der Waals surface area contributed by atoms with Crippen molar-refractivity contribution < 1.29 is 14.3 Å². The van der Waals surface area contributed by atoms with Crippen LogP contribution in [0, 0.1) is 0 Å². The number of piperidine rings is 1. The fourth-order valence-electron chi connectivity index (χ4n) is 1.10. The van der Waals surface area contributed by atoms with E-state index in [4.69, 9.17) is 0 Å². The number of Topliss-reactive ketones (excluding diaryl/α,β-unsaturated/α-hetero) is 1. The molecule has 0 aliphatic carbocycles. The van der Waals surface area contributed by atoms with Crippen molar-refractivity contribution in [2.45, 2.75) is 18.9 Å². The lowest BCUT2D eigenvalue weighted by molar-refractivity contribution is -0.147. The Morgan fingerprint density at radius 2 is 2.33 bits per heavy atom. The number of ether oxygens (including phenoxy) is 1. The van der Waals surface area contributed by atoms with Gasteiger partial charge in [0.25, 0.3) is 0 Å². The zero-order chi connectivity index (χ0) is 8.27. The average Bonchev–Trinajstić information content (AvgIpc) is 2.04. The van der Waals surface area contributed by atoms with Gasteiger partial charge in [-0.05, 0) is 13.0 Å². The SMILES string of the molecule is COC(=O)C1NCCCC1=O.Cl. The highest BCUT2D eigenvalue weighted by Gasteiger charge is 2.28. The van der Waals surface area contributed by atoms with Crippen LogP contribution >= 0.6 is 12.4 Å². The molecule has 70 valence electrons. The number of hydrogen-bond acceptors (Lipinski definition) is 4. The first-order valence-corrected chi connectivity index (χ1v) is 3.59. The number of halogens is 1. The second-order valence-electron chi connectivity index (χ2n) is 2.48. The van der Waals surface area contributed by atoms with Gasteiger partial charge in [0.15, 0.2) is 11.8 Å². The highest BCUT2D eigenvalue weighted by molar-refractivity contribution is 6.03. The van der Waals surface area contributed by atoms with E-state index in [1.54, 1.807) is 0 Å². The number of methoxy groups -OCH3 is 1. The molecule has 1 N–H and O–H groups in total. The normalized spacial score (nSPS) is 22.8. The quantitative estimate of drug-likeness (QED) is 0.467. The molecule has 0 radical (unpaired) electrons. The molecule has 5 heteroatoms. The van der Waals surface area contributed by atoms with Crippen molar-refractivity contribution in [1.82, 2.24) is 5.32 Å². The molecule has 0 aromatic heterocycles. The lowest BCUT2D eigenvalue weighted by atomic mass is 10.0. The number of esters is 1.